The molecule has 4 rings (SSSR count). The summed E-state index contributed by atoms with van der Waals surface area (Å²) in [5, 5.41) is 15.7. The number of pyridine rings is 1. The Morgan fingerprint density at radius 3 is 2.42 bits per heavy atom. The van der Waals surface area contributed by atoms with Gasteiger partial charge in [0, 0.05) is 18.8 Å². The molecule has 1 aromatic heterocycles. The molecule has 2 amide bonds. The van der Waals surface area contributed by atoms with Crippen LogP contribution in [0.3, 0.4) is 0 Å². The molecule has 0 aliphatic carbocycles. The maximum Gasteiger partial charge on any atom is 0.257 e. The zero-order chi connectivity index (χ0) is 25.8. The smallest absolute Gasteiger partial charge is 0.257 e. The summed E-state index contributed by atoms with van der Waals surface area (Å²) in [7, 11) is 0. The Bertz CT molecular complexity index is 1320. The van der Waals surface area contributed by atoms with Crippen LogP contribution < -0.4 is 25.5 Å². The van der Waals surface area contributed by atoms with Gasteiger partial charge in [0.1, 0.15) is 11.6 Å². The fourth-order valence-corrected chi connectivity index (χ4v) is 4.31. The fraction of sp³-hybridized carbons (Fsp3) is 0.370. The van der Waals surface area contributed by atoms with Gasteiger partial charge < -0.3 is 29.8 Å². The number of fused-ring (bicyclic) bond motifs is 2. The number of aliphatic hydroxyl groups excluding tert-OH is 1. The third-order valence-corrected chi connectivity index (χ3v) is 6.29. The Morgan fingerprint density at radius 2 is 1.78 bits per heavy atom. The Morgan fingerprint density at radius 1 is 1.08 bits per heavy atom. The minimum Gasteiger partial charge on any atom is -0.454 e. The molecule has 0 saturated heterocycles. The lowest BCUT2D eigenvalue weighted by Crippen LogP contribution is -2.53. The topological polar surface area (TPSA) is 119 Å². The van der Waals surface area contributed by atoms with Crippen LogP contribution in [0.5, 0.6) is 11.5 Å². The second kappa shape index (κ2) is 10.8. The van der Waals surface area contributed by atoms with E-state index in [4.69, 9.17) is 9.47 Å². The number of nitrogens with zero attached hydrogens (tertiary/aromatic N) is 1. The lowest BCUT2D eigenvalue weighted by Gasteiger charge is -2.25. The van der Waals surface area contributed by atoms with Gasteiger partial charge >= 0.3 is 0 Å². The molecular weight excluding hydrogens is 462 g/mol. The van der Waals surface area contributed by atoms with Crippen LogP contribution in [-0.4, -0.2) is 47.0 Å². The molecule has 1 aliphatic rings. The lowest BCUT2D eigenvalue weighted by atomic mass is 10.0. The average molecular weight is 494 g/mol. The summed E-state index contributed by atoms with van der Waals surface area (Å²) in [4.78, 5) is 39.7. The molecule has 0 saturated carbocycles. The minimum atomic E-state index is -0.899. The van der Waals surface area contributed by atoms with Crippen molar-refractivity contribution in [2.45, 2.75) is 45.8 Å². The molecule has 1 aliphatic heterocycles. The molecule has 9 heteroatoms. The van der Waals surface area contributed by atoms with Crippen LogP contribution in [0.25, 0.3) is 10.9 Å². The monoisotopic (exact) mass is 493 g/mol. The molecule has 1 unspecified atom stereocenters. The Balaban J connectivity index is 1.57. The number of hydrogen-bond donors (Lipinski definition) is 3. The number of carbonyl (C=O) groups excluding carboxylic acids is 2. The Labute approximate surface area is 209 Å². The highest BCUT2D eigenvalue weighted by Crippen LogP contribution is 2.35. The van der Waals surface area contributed by atoms with E-state index in [1.165, 1.54) is 6.20 Å². The molecule has 3 N–H and O–H groups in total. The van der Waals surface area contributed by atoms with Crippen molar-refractivity contribution in [3.63, 3.8) is 0 Å². The summed E-state index contributed by atoms with van der Waals surface area (Å²) in [6.45, 7) is 5.86. The molecule has 2 aromatic carbocycles. The van der Waals surface area contributed by atoms with Crippen LogP contribution >= 0.6 is 0 Å². The van der Waals surface area contributed by atoms with E-state index >= 15 is 0 Å². The van der Waals surface area contributed by atoms with Crippen LogP contribution in [0.2, 0.25) is 0 Å². The van der Waals surface area contributed by atoms with Crippen molar-refractivity contribution >= 4 is 22.7 Å². The van der Waals surface area contributed by atoms with E-state index in [2.05, 4.69) is 10.6 Å². The first-order valence-electron chi connectivity index (χ1n) is 12.0. The van der Waals surface area contributed by atoms with Gasteiger partial charge in [0.05, 0.1) is 23.6 Å². The van der Waals surface area contributed by atoms with Gasteiger partial charge in [-0.3, -0.25) is 14.4 Å². The summed E-state index contributed by atoms with van der Waals surface area (Å²) in [6, 6.07) is 11.4. The lowest BCUT2D eigenvalue weighted by molar-refractivity contribution is -0.125. The van der Waals surface area contributed by atoms with Gasteiger partial charge in [-0.2, -0.15) is 0 Å². The van der Waals surface area contributed by atoms with E-state index in [0.717, 1.165) is 5.56 Å². The number of benzene rings is 2. The van der Waals surface area contributed by atoms with E-state index in [1.807, 2.05) is 37.3 Å². The number of carbonyl (C=O) groups is 2. The summed E-state index contributed by atoms with van der Waals surface area (Å²) in [5.41, 5.74) is 1.09. The van der Waals surface area contributed by atoms with Gasteiger partial charge in [0.2, 0.25) is 18.1 Å². The standard InChI is InChI=1S/C27H31N3O6/c1-4-30-13-20(25(32)19-11-22-23(12-21(19)30)36-15-35-22)26(33)29-24(16(2)3)27(34)28-18(14-31)10-17-8-6-5-7-9-17/h5-9,11-13,16,18,24,31H,4,10,14-15H2,1-3H3,(H,28,34)(H,29,33)/t18?,24-/m0/s1. The predicted octanol–water partition coefficient (Wildman–Crippen LogP) is 2.22. The maximum absolute atomic E-state index is 13.3. The highest BCUT2D eigenvalue weighted by atomic mass is 16.7. The largest absolute Gasteiger partial charge is 0.454 e. The first kappa shape index (κ1) is 25.2. The molecular formula is C27H31N3O6. The predicted molar refractivity (Wildman–Crippen MR) is 135 cm³/mol. The van der Waals surface area contributed by atoms with Crippen LogP contribution in [0.15, 0.2) is 53.5 Å². The van der Waals surface area contributed by atoms with Gasteiger partial charge in [-0.15, -0.1) is 0 Å². The van der Waals surface area contributed by atoms with Crippen molar-refractivity contribution in [3.8, 4) is 11.5 Å². The van der Waals surface area contributed by atoms with E-state index in [9.17, 15) is 19.5 Å². The van der Waals surface area contributed by atoms with Crippen LogP contribution in [0.1, 0.15) is 36.7 Å². The molecule has 9 nitrogen and oxygen atoms in total. The van der Waals surface area contributed by atoms with Crippen molar-refractivity contribution in [1.82, 2.24) is 15.2 Å². The zero-order valence-electron chi connectivity index (χ0n) is 20.6. The maximum atomic E-state index is 13.3. The van der Waals surface area contributed by atoms with E-state index in [0.29, 0.717) is 35.4 Å². The van der Waals surface area contributed by atoms with E-state index in [1.54, 1.807) is 30.5 Å². The number of ether oxygens (including phenoxy) is 2. The second-order valence-electron chi connectivity index (χ2n) is 9.15. The summed E-state index contributed by atoms with van der Waals surface area (Å²) in [5.74, 6) is -0.320. The van der Waals surface area contributed by atoms with Gasteiger partial charge in [0.25, 0.3) is 5.91 Å². The van der Waals surface area contributed by atoms with Crippen LogP contribution in [0, 0.1) is 5.92 Å². The number of hydrogen-bond acceptors (Lipinski definition) is 6. The Hall–Kier alpha value is -3.85. The number of aromatic nitrogens is 1. The normalized spacial score (nSPS) is 14.0. The third-order valence-electron chi connectivity index (χ3n) is 6.29. The summed E-state index contributed by atoms with van der Waals surface area (Å²) >= 11 is 0. The molecule has 190 valence electrons. The summed E-state index contributed by atoms with van der Waals surface area (Å²) in [6.07, 6.45) is 1.95. The van der Waals surface area contributed by atoms with Crippen molar-refractivity contribution in [2.75, 3.05) is 13.4 Å². The van der Waals surface area contributed by atoms with Gasteiger partial charge in [0.15, 0.2) is 11.5 Å². The second-order valence-corrected chi connectivity index (χ2v) is 9.15. The zero-order valence-corrected chi connectivity index (χ0v) is 20.6. The molecule has 2 heterocycles. The van der Waals surface area contributed by atoms with Crippen molar-refractivity contribution in [3.05, 3.63) is 70.0 Å². The fourth-order valence-electron chi connectivity index (χ4n) is 4.31. The SMILES string of the molecule is CCn1cc(C(=O)N[C@H](C(=O)NC(CO)Cc2ccccc2)C(C)C)c(=O)c2cc3c(cc21)OCO3. The van der Waals surface area contributed by atoms with Gasteiger partial charge in [-0.05, 0) is 30.9 Å². The van der Waals surface area contributed by atoms with Crippen LogP contribution in [0.4, 0.5) is 0 Å². The molecule has 0 bridgehead atoms. The molecule has 36 heavy (non-hydrogen) atoms. The molecule has 0 spiro atoms. The minimum absolute atomic E-state index is 0.0651. The van der Waals surface area contributed by atoms with Crippen LogP contribution in [-0.2, 0) is 17.8 Å². The van der Waals surface area contributed by atoms with E-state index in [-0.39, 0.29) is 24.9 Å². The highest BCUT2D eigenvalue weighted by Gasteiger charge is 2.28. The van der Waals surface area contributed by atoms with E-state index < -0.39 is 29.3 Å². The first-order valence-corrected chi connectivity index (χ1v) is 12.0. The van der Waals surface area contributed by atoms with Gasteiger partial charge in [-0.25, -0.2) is 0 Å². The number of nitrogens with one attached hydrogen (secondary N) is 2. The molecule has 0 radical (unpaired) electrons. The third kappa shape index (κ3) is 5.21. The number of aliphatic hydroxyl groups is 1. The number of amides is 2. The van der Waals surface area contributed by atoms with Crippen molar-refractivity contribution in [2.24, 2.45) is 5.92 Å². The number of aryl methyl sites for hydroxylation is 1. The van der Waals surface area contributed by atoms with Gasteiger partial charge in [-0.1, -0.05) is 44.2 Å². The van der Waals surface area contributed by atoms with Crippen molar-refractivity contribution < 1.29 is 24.2 Å². The number of rotatable bonds is 9. The molecule has 3 aromatic rings. The Kier molecular flexibility index (Phi) is 7.59. The average Bonchev–Trinajstić information content (AvgIpc) is 3.34. The highest BCUT2D eigenvalue weighted by molar-refractivity contribution is 6.00. The first-order chi connectivity index (χ1) is 17.3. The molecule has 2 atom stereocenters. The summed E-state index contributed by atoms with van der Waals surface area (Å²) < 4.78 is 12.6. The molecule has 0 fully saturated rings. The quantitative estimate of drug-likeness (QED) is 0.421. The van der Waals surface area contributed by atoms with Crippen molar-refractivity contribution in [1.29, 1.82) is 0 Å².